The summed E-state index contributed by atoms with van der Waals surface area (Å²) < 4.78 is 16.4. The zero-order chi connectivity index (χ0) is 27.4. The number of aromatic nitrogens is 6. The van der Waals surface area contributed by atoms with Crippen LogP contribution in [0.3, 0.4) is 0 Å². The van der Waals surface area contributed by atoms with E-state index in [4.69, 9.17) is 0 Å². The maximum absolute atomic E-state index is 12.2. The van der Waals surface area contributed by atoms with Crippen LogP contribution in [0.15, 0.2) is 72.8 Å². The number of Topliss-reactive ketones (excluding diaryl/α,β-unsaturated/α-hetero) is 3. The lowest BCUT2D eigenvalue weighted by molar-refractivity contribution is 0.0814. The Morgan fingerprint density at radius 2 is 1.18 bits per heavy atom. The third-order valence-corrected chi connectivity index (χ3v) is 6.82. The zero-order valence-electron chi connectivity index (χ0n) is 20.9. The fraction of sp³-hybridized carbons (Fsp3) is 0.107. The van der Waals surface area contributed by atoms with Crippen molar-refractivity contribution in [3.05, 3.63) is 107 Å². The van der Waals surface area contributed by atoms with Gasteiger partial charge in [-0.3, -0.25) is 19.4 Å². The molecule has 4 heterocycles. The second-order valence-corrected chi connectivity index (χ2v) is 9.69. The van der Waals surface area contributed by atoms with Crippen LogP contribution < -0.4 is 0 Å². The summed E-state index contributed by atoms with van der Waals surface area (Å²) in [6, 6.07) is 21.0. The van der Waals surface area contributed by atoms with Gasteiger partial charge in [0.1, 0.15) is 27.8 Å². The molecule has 0 aliphatic carbocycles. The van der Waals surface area contributed by atoms with E-state index < -0.39 is 11.6 Å². The Morgan fingerprint density at radius 1 is 0.615 bits per heavy atom. The molecular formula is C28H20N6O3S2. The molecule has 39 heavy (non-hydrogen) atoms. The van der Waals surface area contributed by atoms with E-state index in [1.54, 1.807) is 49.4 Å². The highest BCUT2D eigenvalue weighted by Crippen LogP contribution is 2.16. The molecule has 0 spiro atoms. The number of hydrogen-bond donors (Lipinski definition) is 0. The van der Waals surface area contributed by atoms with Crippen molar-refractivity contribution in [2.75, 3.05) is 0 Å². The Balaban J connectivity index is 0.000000158. The van der Waals surface area contributed by atoms with Crippen LogP contribution in [0.1, 0.15) is 48.3 Å². The first-order chi connectivity index (χ1) is 18.9. The molecule has 0 N–H and O–H groups in total. The van der Waals surface area contributed by atoms with Crippen molar-refractivity contribution in [1.29, 1.82) is 0 Å². The standard InChI is InChI=1S/C14H9N3O2S.C14H11N3OS/c1-8-3-2-4-11(15-8)14(19)13(18)9-5-6-10-12(7-9)17-20-16-10;1-9-3-2-4-11(15-9)8-14(18)10-5-6-12-13(7-10)17-19-16-12/h2-7H,1H3;2-7H,8H2,1H3. The second kappa shape index (κ2) is 11.4. The zero-order valence-corrected chi connectivity index (χ0v) is 22.5. The highest BCUT2D eigenvalue weighted by Gasteiger charge is 2.20. The topological polar surface area (TPSA) is 129 Å². The summed E-state index contributed by atoms with van der Waals surface area (Å²) in [4.78, 5) is 44.9. The second-order valence-electron chi connectivity index (χ2n) is 8.63. The van der Waals surface area contributed by atoms with E-state index in [0.717, 1.165) is 45.9 Å². The predicted octanol–water partition coefficient (Wildman–Crippen LogP) is 5.28. The number of ketones is 3. The van der Waals surface area contributed by atoms with Crippen molar-refractivity contribution in [2.45, 2.75) is 20.3 Å². The molecule has 0 aliphatic rings. The van der Waals surface area contributed by atoms with Gasteiger partial charge in [0.25, 0.3) is 5.78 Å². The number of benzene rings is 2. The van der Waals surface area contributed by atoms with Crippen molar-refractivity contribution in [1.82, 2.24) is 27.5 Å². The van der Waals surface area contributed by atoms with Gasteiger partial charge in [-0.25, -0.2) is 4.98 Å². The fourth-order valence-corrected chi connectivity index (χ4v) is 4.80. The average Bonchev–Trinajstić information content (AvgIpc) is 3.61. The van der Waals surface area contributed by atoms with Crippen molar-refractivity contribution in [3.8, 4) is 0 Å². The van der Waals surface area contributed by atoms with Crippen molar-refractivity contribution in [3.63, 3.8) is 0 Å². The number of rotatable bonds is 6. The van der Waals surface area contributed by atoms with Crippen LogP contribution in [0.25, 0.3) is 22.1 Å². The molecule has 0 saturated heterocycles. The number of fused-ring (bicyclic) bond motifs is 2. The summed E-state index contributed by atoms with van der Waals surface area (Å²) in [6.45, 7) is 3.69. The van der Waals surface area contributed by atoms with Gasteiger partial charge >= 0.3 is 0 Å². The minimum atomic E-state index is -0.615. The molecule has 0 amide bonds. The Morgan fingerprint density at radius 3 is 1.82 bits per heavy atom. The van der Waals surface area contributed by atoms with Crippen LogP contribution in [0.2, 0.25) is 0 Å². The first-order valence-electron chi connectivity index (χ1n) is 11.8. The Kier molecular flexibility index (Phi) is 7.62. The summed E-state index contributed by atoms with van der Waals surface area (Å²) in [6.07, 6.45) is 0.310. The molecular weight excluding hydrogens is 532 g/mol. The van der Waals surface area contributed by atoms with E-state index >= 15 is 0 Å². The lowest BCUT2D eigenvalue weighted by Crippen LogP contribution is -2.16. The quantitative estimate of drug-likeness (QED) is 0.200. The molecule has 6 aromatic rings. The minimum absolute atomic E-state index is 0.0491. The highest BCUT2D eigenvalue weighted by molar-refractivity contribution is 7.00. The van der Waals surface area contributed by atoms with Crippen LogP contribution in [0.4, 0.5) is 0 Å². The lowest BCUT2D eigenvalue weighted by Gasteiger charge is -2.02. The lowest BCUT2D eigenvalue weighted by atomic mass is 10.0. The Bertz CT molecular complexity index is 1850. The van der Waals surface area contributed by atoms with E-state index in [1.807, 2.05) is 31.2 Å². The third-order valence-electron chi connectivity index (χ3n) is 5.71. The van der Waals surface area contributed by atoms with Gasteiger partial charge in [0.2, 0.25) is 5.78 Å². The van der Waals surface area contributed by atoms with Crippen molar-refractivity contribution < 1.29 is 14.4 Å². The van der Waals surface area contributed by atoms with E-state index in [2.05, 4.69) is 27.5 Å². The number of nitrogens with zero attached hydrogens (tertiary/aromatic N) is 6. The maximum atomic E-state index is 12.2. The minimum Gasteiger partial charge on any atom is -0.294 e. The summed E-state index contributed by atoms with van der Waals surface area (Å²) in [5.74, 6) is -1.15. The number of aryl methyl sites for hydroxylation is 2. The SMILES string of the molecule is Cc1cccc(C(=O)C(=O)c2ccc3nsnc3c2)n1.Cc1cccc(CC(=O)c2ccc3nsnc3c2)n1. The highest BCUT2D eigenvalue weighted by atomic mass is 32.1. The number of hydrogen-bond acceptors (Lipinski definition) is 11. The maximum Gasteiger partial charge on any atom is 0.251 e. The van der Waals surface area contributed by atoms with Gasteiger partial charge < -0.3 is 0 Å². The molecule has 6 rings (SSSR count). The summed E-state index contributed by atoms with van der Waals surface area (Å²) >= 11 is 2.23. The first kappa shape index (κ1) is 26.0. The molecule has 0 atom stereocenters. The monoisotopic (exact) mass is 552 g/mol. The van der Waals surface area contributed by atoms with E-state index in [-0.39, 0.29) is 11.5 Å². The molecule has 4 aromatic heterocycles. The Labute approximate surface area is 231 Å². The number of carbonyl (C=O) groups is 3. The Hall–Kier alpha value is -4.61. The molecule has 9 nitrogen and oxygen atoms in total. The summed E-state index contributed by atoms with van der Waals surface area (Å²) in [5.41, 5.74) is 6.46. The van der Waals surface area contributed by atoms with Gasteiger partial charge in [-0.05, 0) is 74.5 Å². The fourth-order valence-electron chi connectivity index (χ4n) is 3.76. The van der Waals surface area contributed by atoms with E-state index in [9.17, 15) is 14.4 Å². The smallest absolute Gasteiger partial charge is 0.251 e. The van der Waals surface area contributed by atoms with Crippen LogP contribution in [0.5, 0.6) is 0 Å². The van der Waals surface area contributed by atoms with E-state index in [0.29, 0.717) is 34.3 Å². The summed E-state index contributed by atoms with van der Waals surface area (Å²) in [7, 11) is 0. The van der Waals surface area contributed by atoms with Gasteiger partial charge in [-0.15, -0.1) is 0 Å². The van der Waals surface area contributed by atoms with Crippen LogP contribution in [-0.2, 0) is 6.42 Å². The van der Waals surface area contributed by atoms with Gasteiger partial charge in [0, 0.05) is 28.2 Å². The third kappa shape index (κ3) is 6.11. The van der Waals surface area contributed by atoms with Crippen LogP contribution in [0, 0.1) is 13.8 Å². The normalized spacial score (nSPS) is 10.7. The van der Waals surface area contributed by atoms with Gasteiger partial charge in [-0.1, -0.05) is 12.1 Å². The molecule has 0 fully saturated rings. The molecule has 0 radical (unpaired) electrons. The molecule has 0 aliphatic heterocycles. The van der Waals surface area contributed by atoms with Crippen LogP contribution >= 0.6 is 23.5 Å². The van der Waals surface area contributed by atoms with Crippen LogP contribution in [-0.4, -0.2) is 44.8 Å². The predicted molar refractivity (Wildman–Crippen MR) is 149 cm³/mol. The number of carbonyl (C=O) groups excluding carboxylic acids is 3. The largest absolute Gasteiger partial charge is 0.294 e. The van der Waals surface area contributed by atoms with Gasteiger partial charge in [-0.2, -0.15) is 17.5 Å². The first-order valence-corrected chi connectivity index (χ1v) is 13.3. The molecule has 0 unspecified atom stereocenters. The summed E-state index contributed by atoms with van der Waals surface area (Å²) in [5, 5.41) is 0. The molecule has 192 valence electrons. The molecule has 0 saturated carbocycles. The molecule has 2 aromatic carbocycles. The van der Waals surface area contributed by atoms with E-state index in [1.165, 1.54) is 6.07 Å². The van der Waals surface area contributed by atoms with Gasteiger partial charge in [0.05, 0.1) is 29.9 Å². The van der Waals surface area contributed by atoms with Crippen molar-refractivity contribution >= 4 is 62.9 Å². The molecule has 11 heteroatoms. The average molecular weight is 553 g/mol. The number of pyridine rings is 2. The molecule has 0 bridgehead atoms. The van der Waals surface area contributed by atoms with Gasteiger partial charge in [0.15, 0.2) is 5.78 Å². The van der Waals surface area contributed by atoms with Crippen molar-refractivity contribution in [2.24, 2.45) is 0 Å².